The number of hydrogen-bond acceptors (Lipinski definition) is 4. The molecule has 0 radical (unpaired) electrons. The highest BCUT2D eigenvalue weighted by atomic mass is 32.2. The van der Waals surface area contributed by atoms with Crippen molar-refractivity contribution in [3.8, 4) is 5.75 Å². The van der Waals surface area contributed by atoms with Crippen LogP contribution in [0.25, 0.3) is 0 Å². The van der Waals surface area contributed by atoms with Crippen molar-refractivity contribution in [3.63, 3.8) is 0 Å². The number of phenols is 1. The lowest BCUT2D eigenvalue weighted by molar-refractivity contribution is 0.475. The van der Waals surface area contributed by atoms with E-state index in [1.807, 2.05) is 0 Å². The van der Waals surface area contributed by atoms with Gasteiger partial charge in [0.2, 0.25) is 0 Å². The van der Waals surface area contributed by atoms with Gasteiger partial charge < -0.3 is 5.11 Å². The van der Waals surface area contributed by atoms with E-state index in [-0.39, 0.29) is 17.2 Å². The van der Waals surface area contributed by atoms with Crippen molar-refractivity contribution in [2.75, 3.05) is 10.8 Å². The van der Waals surface area contributed by atoms with Crippen LogP contribution in [0.4, 0.5) is 5.69 Å². The van der Waals surface area contributed by atoms with E-state index >= 15 is 0 Å². The van der Waals surface area contributed by atoms with E-state index in [1.54, 1.807) is 26.8 Å². The van der Waals surface area contributed by atoms with Crippen LogP contribution < -0.4 is 4.31 Å². The number of nitrogens with one attached hydrogen (secondary N) is 1. The van der Waals surface area contributed by atoms with Crippen LogP contribution in [0, 0.1) is 13.8 Å². The molecular formula is C13H17N3O3S. The summed E-state index contributed by atoms with van der Waals surface area (Å²) in [6.45, 7) is 5.46. The maximum atomic E-state index is 12.7. The Morgan fingerprint density at radius 2 is 2.05 bits per heavy atom. The molecule has 2 N–H and O–H groups in total. The van der Waals surface area contributed by atoms with Crippen LogP contribution in [0.1, 0.15) is 18.2 Å². The first-order chi connectivity index (χ1) is 9.37. The minimum absolute atomic E-state index is 0.0307. The molecule has 108 valence electrons. The Morgan fingerprint density at radius 1 is 1.35 bits per heavy atom. The Hall–Kier alpha value is -2.02. The number of nitrogens with zero attached hydrogens (tertiary/aromatic N) is 2. The summed E-state index contributed by atoms with van der Waals surface area (Å²) >= 11 is 0. The van der Waals surface area contributed by atoms with Crippen molar-refractivity contribution in [1.82, 2.24) is 10.2 Å². The van der Waals surface area contributed by atoms with Gasteiger partial charge in [0.15, 0.2) is 0 Å². The first-order valence-electron chi connectivity index (χ1n) is 6.20. The normalized spacial score (nSPS) is 11.6. The molecule has 0 aliphatic carbocycles. The molecule has 0 bridgehead atoms. The van der Waals surface area contributed by atoms with Crippen molar-refractivity contribution >= 4 is 15.7 Å². The Morgan fingerprint density at radius 3 is 2.60 bits per heavy atom. The molecule has 0 fully saturated rings. The van der Waals surface area contributed by atoms with Crippen LogP contribution in [-0.4, -0.2) is 30.3 Å². The number of aromatic nitrogens is 2. The quantitative estimate of drug-likeness (QED) is 0.902. The van der Waals surface area contributed by atoms with Crippen molar-refractivity contribution in [2.45, 2.75) is 25.7 Å². The van der Waals surface area contributed by atoms with E-state index in [2.05, 4.69) is 10.2 Å². The average Bonchev–Trinajstić information content (AvgIpc) is 2.81. The minimum atomic E-state index is -3.70. The summed E-state index contributed by atoms with van der Waals surface area (Å²) in [5, 5.41) is 16.0. The summed E-state index contributed by atoms with van der Waals surface area (Å²) in [5.41, 5.74) is 1.73. The van der Waals surface area contributed by atoms with Crippen LogP contribution in [0.2, 0.25) is 0 Å². The van der Waals surface area contributed by atoms with Gasteiger partial charge in [-0.15, -0.1) is 0 Å². The van der Waals surface area contributed by atoms with Gasteiger partial charge in [-0.2, -0.15) is 5.10 Å². The van der Waals surface area contributed by atoms with Gasteiger partial charge in [0.05, 0.1) is 17.6 Å². The van der Waals surface area contributed by atoms with Crippen LogP contribution in [-0.2, 0) is 10.0 Å². The van der Waals surface area contributed by atoms with Crippen LogP contribution in [0.3, 0.4) is 0 Å². The highest BCUT2D eigenvalue weighted by Gasteiger charge is 2.27. The third-order valence-corrected chi connectivity index (χ3v) is 5.10. The van der Waals surface area contributed by atoms with Gasteiger partial charge in [0.1, 0.15) is 10.6 Å². The number of phenolic OH excluding ortho intramolecular Hbond substituents is 1. The third-order valence-electron chi connectivity index (χ3n) is 3.10. The summed E-state index contributed by atoms with van der Waals surface area (Å²) < 4.78 is 26.7. The van der Waals surface area contributed by atoms with Gasteiger partial charge >= 0.3 is 0 Å². The predicted molar refractivity (Wildman–Crippen MR) is 76.4 cm³/mol. The Bertz CT molecular complexity index is 722. The van der Waals surface area contributed by atoms with Gasteiger partial charge in [-0.3, -0.25) is 9.40 Å². The highest BCUT2D eigenvalue weighted by molar-refractivity contribution is 7.92. The number of aryl methyl sites for hydroxylation is 2. The zero-order chi connectivity index (χ0) is 14.9. The molecule has 1 heterocycles. The Labute approximate surface area is 118 Å². The largest absolute Gasteiger partial charge is 0.508 e. The van der Waals surface area contributed by atoms with Gasteiger partial charge in [0.25, 0.3) is 10.0 Å². The van der Waals surface area contributed by atoms with Gasteiger partial charge in [-0.25, -0.2) is 8.42 Å². The fourth-order valence-electron chi connectivity index (χ4n) is 2.05. The second-order valence-electron chi connectivity index (χ2n) is 4.50. The number of benzene rings is 1. The lowest BCUT2D eigenvalue weighted by Gasteiger charge is -2.24. The fraction of sp³-hybridized carbons (Fsp3) is 0.308. The summed E-state index contributed by atoms with van der Waals surface area (Å²) in [5.74, 6) is 0.0307. The molecular weight excluding hydrogens is 278 g/mol. The second kappa shape index (κ2) is 5.16. The predicted octanol–water partition coefficient (Wildman–Crippen LogP) is 1.95. The maximum absolute atomic E-state index is 12.7. The summed E-state index contributed by atoms with van der Waals surface area (Å²) in [6.07, 6.45) is 1.30. The number of H-pyrrole nitrogens is 1. The number of hydrogen-bond donors (Lipinski definition) is 2. The monoisotopic (exact) mass is 295 g/mol. The summed E-state index contributed by atoms with van der Waals surface area (Å²) in [4.78, 5) is 0.141. The minimum Gasteiger partial charge on any atom is -0.508 e. The molecule has 0 unspecified atom stereocenters. The molecule has 0 aliphatic rings. The number of aromatic hydroxyl groups is 1. The van der Waals surface area contributed by atoms with Crippen LogP contribution in [0.15, 0.2) is 29.3 Å². The molecule has 1 aromatic heterocycles. The van der Waals surface area contributed by atoms with E-state index in [1.165, 1.54) is 22.6 Å². The third kappa shape index (κ3) is 2.36. The molecule has 0 aliphatic heterocycles. The number of sulfonamides is 1. The standard InChI is InChI=1S/C13H17N3O3S/c1-4-16(12-7-11(17)6-5-9(12)2)20(18,19)13-8-14-15-10(13)3/h5-8,17H,4H2,1-3H3,(H,14,15). The molecule has 2 aromatic rings. The van der Waals surface area contributed by atoms with E-state index in [0.717, 1.165) is 5.56 Å². The zero-order valence-corrected chi connectivity index (χ0v) is 12.4. The molecule has 20 heavy (non-hydrogen) atoms. The van der Waals surface area contributed by atoms with Crippen molar-refractivity contribution in [3.05, 3.63) is 35.7 Å². The van der Waals surface area contributed by atoms with Crippen molar-refractivity contribution < 1.29 is 13.5 Å². The van der Waals surface area contributed by atoms with Gasteiger partial charge in [-0.1, -0.05) is 6.07 Å². The highest BCUT2D eigenvalue weighted by Crippen LogP contribution is 2.30. The maximum Gasteiger partial charge on any atom is 0.267 e. The molecule has 0 atom stereocenters. The molecule has 0 amide bonds. The fourth-order valence-corrected chi connectivity index (χ4v) is 3.71. The lowest BCUT2D eigenvalue weighted by atomic mass is 10.2. The van der Waals surface area contributed by atoms with E-state index < -0.39 is 10.0 Å². The molecule has 6 nitrogen and oxygen atoms in total. The molecule has 0 saturated carbocycles. The second-order valence-corrected chi connectivity index (χ2v) is 6.33. The zero-order valence-electron chi connectivity index (χ0n) is 11.6. The van der Waals surface area contributed by atoms with Crippen molar-refractivity contribution in [1.29, 1.82) is 0 Å². The lowest BCUT2D eigenvalue weighted by Crippen LogP contribution is -2.31. The Balaban J connectivity index is 2.58. The Kier molecular flexibility index (Phi) is 3.71. The van der Waals surface area contributed by atoms with Gasteiger partial charge in [-0.05, 0) is 32.4 Å². The average molecular weight is 295 g/mol. The van der Waals surface area contributed by atoms with Gasteiger partial charge in [0, 0.05) is 12.6 Å². The topological polar surface area (TPSA) is 86.3 Å². The molecule has 0 saturated heterocycles. The smallest absolute Gasteiger partial charge is 0.267 e. The van der Waals surface area contributed by atoms with E-state index in [9.17, 15) is 13.5 Å². The molecule has 0 spiro atoms. The van der Waals surface area contributed by atoms with Crippen molar-refractivity contribution in [2.24, 2.45) is 0 Å². The first-order valence-corrected chi connectivity index (χ1v) is 7.64. The number of rotatable bonds is 4. The van der Waals surface area contributed by atoms with Crippen LogP contribution in [0.5, 0.6) is 5.75 Å². The molecule has 7 heteroatoms. The summed E-state index contributed by atoms with van der Waals surface area (Å²) in [6, 6.07) is 4.67. The SMILES string of the molecule is CCN(c1cc(O)ccc1C)S(=O)(=O)c1cn[nH]c1C. The van der Waals surface area contributed by atoms with Crippen LogP contribution >= 0.6 is 0 Å². The van der Waals surface area contributed by atoms with E-state index in [0.29, 0.717) is 11.4 Å². The molecule has 2 rings (SSSR count). The molecule has 1 aromatic carbocycles. The number of anilines is 1. The first kappa shape index (κ1) is 14.4. The van der Waals surface area contributed by atoms with E-state index in [4.69, 9.17) is 0 Å². The summed E-state index contributed by atoms with van der Waals surface area (Å²) in [7, 11) is -3.70. The number of aromatic amines is 1.